The number of carbonyl (C=O) groups is 1. The second-order valence-corrected chi connectivity index (χ2v) is 6.84. The number of H-pyrrole nitrogens is 1. The summed E-state index contributed by atoms with van der Waals surface area (Å²) in [5.74, 6) is 0.258. The number of aliphatic hydroxyl groups excluding tert-OH is 1. The van der Waals surface area contributed by atoms with Crippen LogP contribution in [0.1, 0.15) is 30.5 Å². The number of rotatable bonds is 2. The molecule has 0 saturated carbocycles. The molecule has 2 aromatic heterocycles. The lowest BCUT2D eigenvalue weighted by atomic mass is 9.77. The number of fused-ring (bicyclic) bond motifs is 2. The summed E-state index contributed by atoms with van der Waals surface area (Å²) in [6.07, 6.45) is 6.58. The molecule has 0 radical (unpaired) electrons. The highest BCUT2D eigenvalue weighted by molar-refractivity contribution is 5.77. The minimum Gasteiger partial charge on any atom is -0.387 e. The van der Waals surface area contributed by atoms with E-state index in [-0.39, 0.29) is 16.9 Å². The first-order chi connectivity index (χ1) is 12.1. The van der Waals surface area contributed by atoms with E-state index in [0.717, 1.165) is 36.1 Å². The average molecular weight is 340 g/mol. The molecule has 7 nitrogen and oxygen atoms in total. The van der Waals surface area contributed by atoms with Crippen molar-refractivity contribution in [2.75, 3.05) is 19.7 Å². The van der Waals surface area contributed by atoms with Crippen LogP contribution in [-0.4, -0.2) is 50.6 Å². The van der Waals surface area contributed by atoms with E-state index < -0.39 is 6.61 Å². The number of nitrogens with zero attached hydrogens (tertiary/aromatic N) is 3. The minimum atomic E-state index is -0.479. The summed E-state index contributed by atoms with van der Waals surface area (Å²) in [6, 6.07) is 3.67. The van der Waals surface area contributed by atoms with Gasteiger partial charge in [-0.3, -0.25) is 14.6 Å². The first-order valence-corrected chi connectivity index (χ1v) is 8.56. The van der Waals surface area contributed by atoms with Gasteiger partial charge in [0.25, 0.3) is 5.56 Å². The monoisotopic (exact) mass is 340 g/mol. The number of likely N-dealkylation sites (tertiary alicyclic amines) is 1. The van der Waals surface area contributed by atoms with E-state index >= 15 is 0 Å². The molecule has 130 valence electrons. The standard InChI is InChI=1S/C18H20N4O3/c23-10-14(24)22-8-2-5-18(11-22)6-4-13-15(18)20-16(21-17(13)25)12-3-1-7-19-9-12/h1,3,7,9,23H,2,4-6,8,10-11H2,(H,20,21,25). The van der Waals surface area contributed by atoms with E-state index in [4.69, 9.17) is 4.98 Å². The molecule has 2 aliphatic rings. The number of amides is 1. The lowest BCUT2D eigenvalue weighted by Crippen LogP contribution is -2.49. The molecule has 1 aliphatic carbocycles. The summed E-state index contributed by atoms with van der Waals surface area (Å²) in [4.78, 5) is 38.0. The third-order valence-corrected chi connectivity index (χ3v) is 5.37. The molecular formula is C18H20N4O3. The van der Waals surface area contributed by atoms with Crippen molar-refractivity contribution in [3.8, 4) is 11.4 Å². The van der Waals surface area contributed by atoms with Crippen molar-refractivity contribution in [3.05, 3.63) is 46.1 Å². The van der Waals surface area contributed by atoms with Crippen molar-refractivity contribution in [1.82, 2.24) is 19.9 Å². The predicted molar refractivity (Wildman–Crippen MR) is 91.0 cm³/mol. The van der Waals surface area contributed by atoms with Gasteiger partial charge in [-0.25, -0.2) is 4.98 Å². The molecule has 1 unspecified atom stereocenters. The largest absolute Gasteiger partial charge is 0.387 e. The molecule has 0 aromatic carbocycles. The number of hydrogen-bond donors (Lipinski definition) is 2. The minimum absolute atomic E-state index is 0.105. The van der Waals surface area contributed by atoms with Gasteiger partial charge < -0.3 is 15.0 Å². The lowest BCUT2D eigenvalue weighted by molar-refractivity contribution is -0.136. The van der Waals surface area contributed by atoms with Gasteiger partial charge in [0, 0.05) is 42.0 Å². The molecule has 1 amide bonds. The average Bonchev–Trinajstić information content (AvgIpc) is 3.00. The zero-order chi connectivity index (χ0) is 17.4. The molecule has 3 heterocycles. The number of aromatic nitrogens is 3. The van der Waals surface area contributed by atoms with E-state index in [1.165, 1.54) is 0 Å². The normalized spacial score (nSPS) is 22.2. The number of aliphatic hydroxyl groups is 1. The van der Waals surface area contributed by atoms with Gasteiger partial charge in [-0.15, -0.1) is 0 Å². The van der Waals surface area contributed by atoms with E-state index in [1.54, 1.807) is 23.4 Å². The van der Waals surface area contributed by atoms with Crippen LogP contribution < -0.4 is 5.56 Å². The van der Waals surface area contributed by atoms with Crippen LogP contribution >= 0.6 is 0 Å². The molecule has 1 fully saturated rings. The molecular weight excluding hydrogens is 320 g/mol. The Morgan fingerprint density at radius 2 is 2.28 bits per heavy atom. The van der Waals surface area contributed by atoms with Crippen LogP contribution in [0.15, 0.2) is 29.3 Å². The third-order valence-electron chi connectivity index (χ3n) is 5.37. The van der Waals surface area contributed by atoms with Crippen molar-refractivity contribution < 1.29 is 9.90 Å². The Bertz CT molecular complexity index is 864. The number of piperidine rings is 1. The van der Waals surface area contributed by atoms with Gasteiger partial charge in [0.1, 0.15) is 12.4 Å². The fourth-order valence-corrected chi connectivity index (χ4v) is 4.13. The predicted octanol–water partition coefficient (Wildman–Crippen LogP) is 0.631. The fourth-order valence-electron chi connectivity index (χ4n) is 4.13. The summed E-state index contributed by atoms with van der Waals surface area (Å²) in [5.41, 5.74) is 1.91. The third kappa shape index (κ3) is 2.64. The van der Waals surface area contributed by atoms with Crippen molar-refractivity contribution in [2.24, 2.45) is 0 Å². The first-order valence-electron chi connectivity index (χ1n) is 8.56. The topological polar surface area (TPSA) is 99.2 Å². The maximum Gasteiger partial charge on any atom is 0.254 e. The van der Waals surface area contributed by atoms with Crippen molar-refractivity contribution in [2.45, 2.75) is 31.1 Å². The Morgan fingerprint density at radius 3 is 3.04 bits per heavy atom. The molecule has 2 aromatic rings. The quantitative estimate of drug-likeness (QED) is 0.835. The summed E-state index contributed by atoms with van der Waals surface area (Å²) >= 11 is 0. The SMILES string of the molecule is O=C(CO)N1CCCC2(CCc3c2nc(-c2cccnc2)[nH]c3=O)C1. The number of hydrogen-bond acceptors (Lipinski definition) is 5. The van der Waals surface area contributed by atoms with Gasteiger partial charge in [0.15, 0.2) is 0 Å². The van der Waals surface area contributed by atoms with Crippen LogP contribution in [0.2, 0.25) is 0 Å². The van der Waals surface area contributed by atoms with Crippen LogP contribution in [0, 0.1) is 0 Å². The van der Waals surface area contributed by atoms with Crippen LogP contribution in [0.5, 0.6) is 0 Å². The number of nitrogens with one attached hydrogen (secondary N) is 1. The van der Waals surface area contributed by atoms with Gasteiger partial charge in [0.05, 0.1) is 5.69 Å². The molecule has 1 spiro atoms. The molecule has 2 N–H and O–H groups in total. The van der Waals surface area contributed by atoms with E-state index in [1.807, 2.05) is 6.07 Å². The number of pyridine rings is 1. The number of aromatic amines is 1. The number of carbonyl (C=O) groups excluding carboxylic acids is 1. The maximum atomic E-state index is 12.6. The van der Waals surface area contributed by atoms with E-state index in [0.29, 0.717) is 25.3 Å². The highest BCUT2D eigenvalue weighted by Gasteiger charge is 2.45. The summed E-state index contributed by atoms with van der Waals surface area (Å²) < 4.78 is 0. The van der Waals surface area contributed by atoms with Crippen LogP contribution in [0.3, 0.4) is 0 Å². The Hall–Kier alpha value is -2.54. The Morgan fingerprint density at radius 1 is 1.40 bits per heavy atom. The first kappa shape index (κ1) is 16.0. The Kier molecular flexibility index (Phi) is 3.88. The zero-order valence-electron chi connectivity index (χ0n) is 13.9. The van der Waals surface area contributed by atoms with Gasteiger partial charge in [-0.05, 0) is 37.8 Å². The Labute approximate surface area is 144 Å². The van der Waals surface area contributed by atoms with Crippen molar-refractivity contribution in [3.63, 3.8) is 0 Å². The lowest BCUT2D eigenvalue weighted by Gasteiger charge is -2.40. The summed E-state index contributed by atoms with van der Waals surface area (Å²) in [5, 5.41) is 9.18. The van der Waals surface area contributed by atoms with Crippen LogP contribution in [0.4, 0.5) is 0 Å². The summed E-state index contributed by atoms with van der Waals surface area (Å²) in [7, 11) is 0. The molecule has 4 rings (SSSR count). The fraction of sp³-hybridized carbons (Fsp3) is 0.444. The molecule has 1 saturated heterocycles. The molecule has 1 atom stereocenters. The maximum absolute atomic E-state index is 12.6. The highest BCUT2D eigenvalue weighted by atomic mass is 16.3. The van der Waals surface area contributed by atoms with Crippen LogP contribution in [-0.2, 0) is 16.6 Å². The molecule has 25 heavy (non-hydrogen) atoms. The molecule has 7 heteroatoms. The highest BCUT2D eigenvalue weighted by Crippen LogP contribution is 2.43. The second-order valence-electron chi connectivity index (χ2n) is 6.84. The van der Waals surface area contributed by atoms with Gasteiger partial charge >= 0.3 is 0 Å². The van der Waals surface area contributed by atoms with Crippen LogP contribution in [0.25, 0.3) is 11.4 Å². The van der Waals surface area contributed by atoms with Gasteiger partial charge in [-0.2, -0.15) is 0 Å². The molecule has 0 bridgehead atoms. The second kappa shape index (κ2) is 6.07. The molecule has 1 aliphatic heterocycles. The zero-order valence-corrected chi connectivity index (χ0v) is 13.9. The van der Waals surface area contributed by atoms with Gasteiger partial charge in [0.2, 0.25) is 5.91 Å². The van der Waals surface area contributed by atoms with Gasteiger partial charge in [-0.1, -0.05) is 0 Å². The van der Waals surface area contributed by atoms with E-state index in [2.05, 4.69) is 9.97 Å². The summed E-state index contributed by atoms with van der Waals surface area (Å²) in [6.45, 7) is 0.685. The Balaban J connectivity index is 1.78. The van der Waals surface area contributed by atoms with Crippen molar-refractivity contribution >= 4 is 5.91 Å². The van der Waals surface area contributed by atoms with Crippen molar-refractivity contribution in [1.29, 1.82) is 0 Å². The smallest absolute Gasteiger partial charge is 0.254 e. The van der Waals surface area contributed by atoms with E-state index in [9.17, 15) is 14.7 Å².